The minimum Gasteiger partial charge on any atom is -0.352 e. The van der Waals surface area contributed by atoms with Gasteiger partial charge in [-0.25, -0.2) is 8.42 Å². The Morgan fingerprint density at radius 2 is 1.57 bits per heavy atom. The summed E-state index contributed by atoms with van der Waals surface area (Å²) in [6.45, 7) is 9.00. The van der Waals surface area contributed by atoms with E-state index < -0.39 is 28.5 Å². The molecule has 0 bridgehead atoms. The van der Waals surface area contributed by atoms with Crippen LogP contribution in [-0.2, 0) is 26.2 Å². The molecule has 3 rings (SSSR count). The van der Waals surface area contributed by atoms with Crippen LogP contribution in [0.25, 0.3) is 0 Å². The number of hydrogen-bond donors (Lipinski definition) is 1. The monoisotopic (exact) mass is 583 g/mol. The molecule has 3 aromatic carbocycles. The van der Waals surface area contributed by atoms with Crippen molar-refractivity contribution < 1.29 is 18.0 Å². The Kier molecular flexibility index (Phi) is 10.8. The molecule has 0 aliphatic rings. The molecule has 40 heavy (non-hydrogen) atoms. The summed E-state index contributed by atoms with van der Waals surface area (Å²) >= 11 is 6.45. The van der Waals surface area contributed by atoms with Crippen molar-refractivity contribution in [3.05, 3.63) is 94.5 Å². The number of benzene rings is 3. The fourth-order valence-electron chi connectivity index (χ4n) is 4.49. The Morgan fingerprint density at radius 1 is 0.925 bits per heavy atom. The zero-order chi connectivity index (χ0) is 29.4. The van der Waals surface area contributed by atoms with Gasteiger partial charge in [-0.1, -0.05) is 79.5 Å². The highest BCUT2D eigenvalue weighted by atomic mass is 35.5. The van der Waals surface area contributed by atoms with Gasteiger partial charge in [-0.15, -0.1) is 0 Å². The maximum atomic E-state index is 14.2. The smallest absolute Gasteiger partial charge is 0.264 e. The third-order valence-corrected chi connectivity index (χ3v) is 9.06. The zero-order valence-corrected chi connectivity index (χ0v) is 25.3. The standard InChI is InChI=1S/C31H38ClN3O4S/c1-6-24(5)33-31(37)28(7-2)34(20-25-13-11-12-16-27(25)32)30(36)21-35(29-18-17-22(3)19-23(29)4)40(38,39)26-14-9-8-10-15-26/h8-19,24,28H,6-7,20-21H2,1-5H3,(H,33,37)/t24-,28+/m1/s1. The fourth-order valence-corrected chi connectivity index (χ4v) is 6.18. The summed E-state index contributed by atoms with van der Waals surface area (Å²) in [7, 11) is -4.12. The molecule has 0 saturated carbocycles. The van der Waals surface area contributed by atoms with Gasteiger partial charge in [0.05, 0.1) is 10.6 Å². The molecule has 0 aliphatic heterocycles. The van der Waals surface area contributed by atoms with E-state index in [1.807, 2.05) is 52.8 Å². The summed E-state index contributed by atoms with van der Waals surface area (Å²) in [5.74, 6) is -0.799. The van der Waals surface area contributed by atoms with E-state index in [4.69, 9.17) is 11.6 Å². The fraction of sp³-hybridized carbons (Fsp3) is 0.355. The Morgan fingerprint density at radius 3 is 2.17 bits per heavy atom. The van der Waals surface area contributed by atoms with Gasteiger partial charge >= 0.3 is 0 Å². The van der Waals surface area contributed by atoms with Crippen LogP contribution in [0.3, 0.4) is 0 Å². The van der Waals surface area contributed by atoms with Crippen molar-refractivity contribution >= 4 is 39.1 Å². The van der Waals surface area contributed by atoms with Crippen molar-refractivity contribution in [3.8, 4) is 0 Å². The highest BCUT2D eigenvalue weighted by Crippen LogP contribution is 2.29. The number of carbonyl (C=O) groups excluding carboxylic acids is 2. The topological polar surface area (TPSA) is 86.8 Å². The number of carbonyl (C=O) groups is 2. The van der Waals surface area contributed by atoms with Crippen LogP contribution >= 0.6 is 11.6 Å². The minimum absolute atomic E-state index is 0.0526. The molecule has 0 spiro atoms. The number of nitrogens with one attached hydrogen (secondary N) is 1. The quantitative estimate of drug-likeness (QED) is 0.289. The summed E-state index contributed by atoms with van der Waals surface area (Å²) in [5.41, 5.74) is 2.75. The minimum atomic E-state index is -4.12. The second-order valence-electron chi connectivity index (χ2n) is 9.97. The summed E-state index contributed by atoms with van der Waals surface area (Å²) < 4.78 is 29.0. The summed E-state index contributed by atoms with van der Waals surface area (Å²) in [6.07, 6.45) is 1.07. The average molecular weight is 584 g/mol. The molecule has 3 aromatic rings. The van der Waals surface area contributed by atoms with Crippen molar-refractivity contribution in [2.24, 2.45) is 0 Å². The summed E-state index contributed by atoms with van der Waals surface area (Å²) in [5, 5.41) is 3.43. The van der Waals surface area contributed by atoms with Gasteiger partial charge in [-0.3, -0.25) is 13.9 Å². The second kappa shape index (κ2) is 13.8. The number of aryl methyl sites for hydroxylation is 2. The first-order chi connectivity index (χ1) is 19.0. The first-order valence-corrected chi connectivity index (χ1v) is 15.3. The molecular formula is C31H38ClN3O4S. The molecule has 2 amide bonds. The van der Waals surface area contributed by atoms with Gasteiger partial charge in [0.2, 0.25) is 11.8 Å². The molecule has 0 fully saturated rings. The summed E-state index contributed by atoms with van der Waals surface area (Å²) in [6, 6.07) is 19.7. The first-order valence-electron chi connectivity index (χ1n) is 13.5. The Labute approximate surface area is 243 Å². The zero-order valence-electron chi connectivity index (χ0n) is 23.7. The maximum absolute atomic E-state index is 14.2. The van der Waals surface area contributed by atoms with E-state index in [0.717, 1.165) is 16.3 Å². The predicted octanol–water partition coefficient (Wildman–Crippen LogP) is 5.87. The van der Waals surface area contributed by atoms with E-state index in [-0.39, 0.29) is 23.4 Å². The van der Waals surface area contributed by atoms with Crippen LogP contribution in [0.4, 0.5) is 5.69 Å². The van der Waals surface area contributed by atoms with Gasteiger partial charge < -0.3 is 10.2 Å². The number of amides is 2. The molecule has 2 atom stereocenters. The molecular weight excluding hydrogens is 546 g/mol. The van der Waals surface area contributed by atoms with Crippen molar-refractivity contribution in [2.75, 3.05) is 10.8 Å². The van der Waals surface area contributed by atoms with Crippen LogP contribution in [0.5, 0.6) is 0 Å². The van der Waals surface area contributed by atoms with Crippen molar-refractivity contribution in [2.45, 2.75) is 71.0 Å². The number of anilines is 1. The molecule has 0 unspecified atom stereocenters. The molecule has 0 saturated heterocycles. The molecule has 9 heteroatoms. The van der Waals surface area contributed by atoms with Gasteiger partial charge in [-0.2, -0.15) is 0 Å². The van der Waals surface area contributed by atoms with E-state index in [9.17, 15) is 18.0 Å². The van der Waals surface area contributed by atoms with E-state index in [2.05, 4.69) is 5.32 Å². The van der Waals surface area contributed by atoms with E-state index >= 15 is 0 Å². The highest BCUT2D eigenvalue weighted by molar-refractivity contribution is 7.92. The van der Waals surface area contributed by atoms with Gasteiger partial charge in [0.15, 0.2) is 0 Å². The second-order valence-corrected chi connectivity index (χ2v) is 12.2. The highest BCUT2D eigenvalue weighted by Gasteiger charge is 2.34. The Hall–Kier alpha value is -3.36. The molecule has 0 heterocycles. The number of rotatable bonds is 12. The number of nitrogens with zero attached hydrogens (tertiary/aromatic N) is 2. The lowest BCUT2D eigenvalue weighted by atomic mass is 10.1. The molecule has 0 aromatic heterocycles. The van der Waals surface area contributed by atoms with Gasteiger partial charge in [0.25, 0.3) is 10.0 Å². The lowest BCUT2D eigenvalue weighted by molar-refractivity contribution is -0.140. The summed E-state index contributed by atoms with van der Waals surface area (Å²) in [4.78, 5) is 29.0. The van der Waals surface area contributed by atoms with E-state index in [0.29, 0.717) is 28.3 Å². The largest absolute Gasteiger partial charge is 0.352 e. The van der Waals surface area contributed by atoms with Crippen LogP contribution in [0.1, 0.15) is 50.3 Å². The third-order valence-electron chi connectivity index (χ3n) is 6.92. The molecule has 0 radical (unpaired) electrons. The molecule has 1 N–H and O–H groups in total. The van der Waals surface area contributed by atoms with Crippen LogP contribution in [0.2, 0.25) is 5.02 Å². The van der Waals surface area contributed by atoms with Crippen molar-refractivity contribution in [1.29, 1.82) is 0 Å². The van der Waals surface area contributed by atoms with E-state index in [1.54, 1.807) is 42.5 Å². The van der Waals surface area contributed by atoms with Crippen LogP contribution < -0.4 is 9.62 Å². The molecule has 0 aliphatic carbocycles. The normalized spacial score (nSPS) is 12.8. The van der Waals surface area contributed by atoms with Crippen molar-refractivity contribution in [1.82, 2.24) is 10.2 Å². The predicted molar refractivity (Wildman–Crippen MR) is 161 cm³/mol. The van der Waals surface area contributed by atoms with Crippen LogP contribution in [0, 0.1) is 13.8 Å². The van der Waals surface area contributed by atoms with Gasteiger partial charge in [0, 0.05) is 17.6 Å². The Balaban J connectivity index is 2.09. The SMILES string of the molecule is CC[C@@H](C)NC(=O)[C@H](CC)N(Cc1ccccc1Cl)C(=O)CN(c1ccc(C)cc1C)S(=O)(=O)c1ccccc1. The number of sulfonamides is 1. The lowest BCUT2D eigenvalue weighted by Crippen LogP contribution is -2.53. The van der Waals surface area contributed by atoms with Gasteiger partial charge in [-0.05, 0) is 69.0 Å². The molecule has 214 valence electrons. The average Bonchev–Trinajstić information content (AvgIpc) is 2.93. The Bertz CT molecular complexity index is 1430. The lowest BCUT2D eigenvalue weighted by Gasteiger charge is -2.34. The van der Waals surface area contributed by atoms with Crippen LogP contribution in [-0.4, -0.2) is 43.8 Å². The maximum Gasteiger partial charge on any atom is 0.264 e. The van der Waals surface area contributed by atoms with Crippen LogP contribution in [0.15, 0.2) is 77.7 Å². The van der Waals surface area contributed by atoms with E-state index in [1.165, 1.54) is 17.0 Å². The number of halogens is 1. The van der Waals surface area contributed by atoms with Gasteiger partial charge in [0.1, 0.15) is 12.6 Å². The van der Waals surface area contributed by atoms with Crippen molar-refractivity contribution in [3.63, 3.8) is 0 Å². The first kappa shape index (κ1) is 31.2. The molecule has 7 nitrogen and oxygen atoms in total. The number of hydrogen-bond acceptors (Lipinski definition) is 4. The third kappa shape index (κ3) is 7.43.